The van der Waals surface area contributed by atoms with Gasteiger partial charge in [0.15, 0.2) is 5.96 Å². The number of hydrogen-bond acceptors (Lipinski definition) is 4. The zero-order chi connectivity index (χ0) is 19.6. The first-order chi connectivity index (χ1) is 13.0. The lowest BCUT2D eigenvalue weighted by atomic mass is 10.1. The number of ether oxygens (including phenoxy) is 1. The van der Waals surface area contributed by atoms with Gasteiger partial charge in [-0.3, -0.25) is 9.67 Å². The summed E-state index contributed by atoms with van der Waals surface area (Å²) in [5.41, 5.74) is 1.16. The number of hydrogen-bond donors (Lipinski definition) is 1. The number of aryl methyl sites for hydroxylation is 1. The number of nitrogens with zero attached hydrogens (tertiary/aromatic N) is 5. The molecule has 0 radical (unpaired) electrons. The molecule has 1 heterocycles. The van der Waals surface area contributed by atoms with Crippen molar-refractivity contribution in [3.8, 4) is 5.75 Å². The van der Waals surface area contributed by atoms with E-state index in [0.29, 0.717) is 13.2 Å². The first kappa shape index (κ1) is 24.2. The van der Waals surface area contributed by atoms with Crippen molar-refractivity contribution in [3.63, 3.8) is 0 Å². The molecule has 0 spiro atoms. The van der Waals surface area contributed by atoms with E-state index in [1.807, 2.05) is 61.5 Å². The summed E-state index contributed by atoms with van der Waals surface area (Å²) in [6, 6.07) is 10.1. The molecule has 0 saturated carbocycles. The molecule has 0 amide bonds. The average molecular weight is 500 g/mol. The van der Waals surface area contributed by atoms with Crippen LogP contribution in [0.5, 0.6) is 5.75 Å². The smallest absolute Gasteiger partial charge is 0.193 e. The first-order valence-electron chi connectivity index (χ1n) is 9.33. The van der Waals surface area contributed by atoms with Gasteiger partial charge >= 0.3 is 0 Å². The summed E-state index contributed by atoms with van der Waals surface area (Å²) in [6.45, 7) is 4.91. The Hall–Kier alpha value is -1.81. The molecule has 7 nitrogen and oxygen atoms in total. The minimum atomic E-state index is 0. The first-order valence-corrected chi connectivity index (χ1v) is 9.33. The highest BCUT2D eigenvalue weighted by atomic mass is 127. The highest BCUT2D eigenvalue weighted by molar-refractivity contribution is 14.0. The molecular formula is C20H33IN6O. The predicted octanol–water partition coefficient (Wildman–Crippen LogP) is 2.62. The van der Waals surface area contributed by atoms with E-state index < -0.39 is 0 Å². The van der Waals surface area contributed by atoms with E-state index in [1.165, 1.54) is 0 Å². The molecule has 8 heteroatoms. The number of aromatic nitrogens is 2. The minimum Gasteiger partial charge on any atom is -0.492 e. The van der Waals surface area contributed by atoms with Gasteiger partial charge in [0, 0.05) is 32.4 Å². The minimum absolute atomic E-state index is 0. The van der Waals surface area contributed by atoms with Gasteiger partial charge in [-0.05, 0) is 33.2 Å². The number of aliphatic imine (C=N–C) groups is 1. The Balaban J connectivity index is 0.00000392. The maximum Gasteiger partial charge on any atom is 0.193 e. The van der Waals surface area contributed by atoms with Gasteiger partial charge in [-0.2, -0.15) is 5.10 Å². The molecule has 0 aliphatic carbocycles. The summed E-state index contributed by atoms with van der Waals surface area (Å²) < 4.78 is 7.62. The molecule has 0 saturated heterocycles. The third-order valence-corrected chi connectivity index (χ3v) is 4.28. The molecule has 1 N–H and O–H groups in total. The normalized spacial score (nSPS) is 12.4. The Morgan fingerprint density at radius 2 is 1.96 bits per heavy atom. The highest BCUT2D eigenvalue weighted by Gasteiger charge is 2.16. The highest BCUT2D eigenvalue weighted by Crippen LogP contribution is 2.17. The largest absolute Gasteiger partial charge is 0.492 e. The van der Waals surface area contributed by atoms with E-state index in [2.05, 4.69) is 41.2 Å². The Labute approximate surface area is 185 Å². The van der Waals surface area contributed by atoms with Crippen LogP contribution in [-0.4, -0.2) is 72.9 Å². The van der Waals surface area contributed by atoms with Gasteiger partial charge in [0.2, 0.25) is 0 Å². The molecule has 0 aliphatic heterocycles. The van der Waals surface area contributed by atoms with Crippen molar-refractivity contribution >= 4 is 29.9 Å². The summed E-state index contributed by atoms with van der Waals surface area (Å²) in [5.74, 6) is 1.77. The van der Waals surface area contributed by atoms with Crippen molar-refractivity contribution in [1.82, 2.24) is 24.9 Å². The van der Waals surface area contributed by atoms with E-state index >= 15 is 0 Å². The zero-order valence-corrected chi connectivity index (χ0v) is 19.8. The fraction of sp³-hybridized carbons (Fsp3) is 0.500. The second kappa shape index (κ2) is 12.6. The summed E-state index contributed by atoms with van der Waals surface area (Å²) in [7, 11) is 8.10. The molecule has 2 aromatic rings. The van der Waals surface area contributed by atoms with Crippen molar-refractivity contribution in [2.75, 3.05) is 47.4 Å². The molecule has 0 bridgehead atoms. The lowest BCUT2D eigenvalue weighted by molar-refractivity contribution is 0.279. The van der Waals surface area contributed by atoms with E-state index in [4.69, 9.17) is 9.73 Å². The molecule has 1 unspecified atom stereocenters. The summed E-state index contributed by atoms with van der Waals surface area (Å²) >= 11 is 0. The van der Waals surface area contributed by atoms with Crippen LogP contribution < -0.4 is 10.1 Å². The van der Waals surface area contributed by atoms with Gasteiger partial charge in [0.05, 0.1) is 25.3 Å². The van der Waals surface area contributed by atoms with Crippen molar-refractivity contribution in [3.05, 3.63) is 48.3 Å². The monoisotopic (exact) mass is 500 g/mol. The van der Waals surface area contributed by atoms with Crippen LogP contribution in [0.25, 0.3) is 0 Å². The second-order valence-corrected chi connectivity index (χ2v) is 6.70. The molecule has 2 rings (SSSR count). The molecule has 156 valence electrons. The number of halogens is 1. The van der Waals surface area contributed by atoms with Crippen molar-refractivity contribution in [1.29, 1.82) is 0 Å². The molecule has 28 heavy (non-hydrogen) atoms. The van der Waals surface area contributed by atoms with Gasteiger partial charge in [-0.15, -0.1) is 24.0 Å². The maximum atomic E-state index is 5.80. The number of benzene rings is 1. The Morgan fingerprint density at radius 3 is 2.54 bits per heavy atom. The van der Waals surface area contributed by atoms with Crippen LogP contribution in [0.1, 0.15) is 18.5 Å². The second-order valence-electron chi connectivity index (χ2n) is 6.70. The maximum absolute atomic E-state index is 5.80. The van der Waals surface area contributed by atoms with Gasteiger partial charge < -0.3 is 19.9 Å². The van der Waals surface area contributed by atoms with Crippen LogP contribution in [0.4, 0.5) is 0 Å². The van der Waals surface area contributed by atoms with Gasteiger partial charge in [0.1, 0.15) is 12.4 Å². The van der Waals surface area contributed by atoms with E-state index in [0.717, 1.165) is 30.4 Å². The van der Waals surface area contributed by atoms with Crippen molar-refractivity contribution < 1.29 is 4.74 Å². The number of nitrogens with one attached hydrogen (secondary N) is 1. The van der Waals surface area contributed by atoms with Gasteiger partial charge in [-0.1, -0.05) is 18.2 Å². The molecule has 0 fully saturated rings. The lowest BCUT2D eigenvalue weighted by Gasteiger charge is -2.25. The third-order valence-electron chi connectivity index (χ3n) is 4.28. The quantitative estimate of drug-likeness (QED) is 0.326. The third kappa shape index (κ3) is 7.67. The van der Waals surface area contributed by atoms with Crippen LogP contribution in [-0.2, 0) is 7.05 Å². The van der Waals surface area contributed by atoms with Gasteiger partial charge in [0.25, 0.3) is 0 Å². The fourth-order valence-electron chi connectivity index (χ4n) is 2.74. The molecule has 1 aromatic heterocycles. The van der Waals surface area contributed by atoms with Crippen molar-refractivity contribution in [2.24, 2.45) is 12.0 Å². The lowest BCUT2D eigenvalue weighted by Crippen LogP contribution is -2.41. The SMILES string of the molecule is CCNC(=NCC(c1cnn(C)c1)N(C)C)N(C)CCOc1ccccc1.I. The summed E-state index contributed by atoms with van der Waals surface area (Å²) in [4.78, 5) is 9.11. The molecule has 1 atom stereocenters. The predicted molar refractivity (Wildman–Crippen MR) is 126 cm³/mol. The topological polar surface area (TPSA) is 57.9 Å². The standard InChI is InChI=1S/C20H32N6O.HI/c1-6-21-20(25(4)12-13-27-18-10-8-7-9-11-18)22-15-19(24(2)3)17-14-23-26(5)16-17;/h7-11,14,16,19H,6,12-13,15H2,1-5H3,(H,21,22);1H. The zero-order valence-electron chi connectivity index (χ0n) is 17.5. The van der Waals surface area contributed by atoms with Gasteiger partial charge in [-0.25, -0.2) is 0 Å². The molecule has 1 aromatic carbocycles. The Bertz CT molecular complexity index is 704. The van der Waals surface area contributed by atoms with Crippen LogP contribution in [0.15, 0.2) is 47.7 Å². The molecule has 0 aliphatic rings. The summed E-state index contributed by atoms with van der Waals surface area (Å²) in [5, 5.41) is 7.65. The average Bonchev–Trinajstić information content (AvgIpc) is 3.07. The summed E-state index contributed by atoms with van der Waals surface area (Å²) in [6.07, 6.45) is 3.95. The van der Waals surface area contributed by atoms with Crippen LogP contribution in [0.2, 0.25) is 0 Å². The Kier molecular flexibility index (Phi) is 10.9. The van der Waals surface area contributed by atoms with Crippen molar-refractivity contribution in [2.45, 2.75) is 13.0 Å². The van der Waals surface area contributed by atoms with Crippen LogP contribution >= 0.6 is 24.0 Å². The molecular weight excluding hydrogens is 467 g/mol. The number of guanidine groups is 1. The van der Waals surface area contributed by atoms with Crippen LogP contribution in [0.3, 0.4) is 0 Å². The fourth-order valence-corrected chi connectivity index (χ4v) is 2.74. The van der Waals surface area contributed by atoms with E-state index in [9.17, 15) is 0 Å². The number of likely N-dealkylation sites (N-methyl/N-ethyl adjacent to an activating group) is 2. The number of para-hydroxylation sites is 1. The van der Waals surface area contributed by atoms with Crippen LogP contribution in [0, 0.1) is 0 Å². The van der Waals surface area contributed by atoms with E-state index in [-0.39, 0.29) is 30.0 Å². The van der Waals surface area contributed by atoms with E-state index in [1.54, 1.807) is 0 Å². The number of rotatable bonds is 9. The Morgan fingerprint density at radius 1 is 1.25 bits per heavy atom.